The van der Waals surface area contributed by atoms with Gasteiger partial charge in [0.1, 0.15) is 0 Å². The smallest absolute Gasteiger partial charge is 0.333 e. The van der Waals surface area contributed by atoms with Crippen molar-refractivity contribution in [2.75, 3.05) is 27.9 Å². The minimum absolute atomic E-state index is 0.0691. The van der Waals surface area contributed by atoms with Crippen LogP contribution in [0, 0.1) is 0 Å². The molecular formula is C20H26O5. The van der Waals surface area contributed by atoms with E-state index in [0.29, 0.717) is 18.6 Å². The zero-order valence-electron chi connectivity index (χ0n) is 15.3. The molecule has 0 saturated heterocycles. The van der Waals surface area contributed by atoms with Crippen molar-refractivity contribution in [3.05, 3.63) is 53.1 Å². The normalized spacial score (nSPS) is 16.3. The van der Waals surface area contributed by atoms with Crippen molar-refractivity contribution in [2.24, 2.45) is 0 Å². The fraction of sp³-hybridized carbons (Fsp3) is 0.450. The molecule has 5 nitrogen and oxygen atoms in total. The van der Waals surface area contributed by atoms with E-state index in [1.165, 1.54) is 5.56 Å². The molecule has 1 aromatic rings. The molecule has 0 saturated carbocycles. The third-order valence-electron chi connectivity index (χ3n) is 4.44. The summed E-state index contributed by atoms with van der Waals surface area (Å²) in [5, 5.41) is 0. The topological polar surface area (TPSA) is 54.0 Å². The Morgan fingerprint density at radius 2 is 1.80 bits per heavy atom. The number of fused-ring (bicyclic) bond motifs is 1. The summed E-state index contributed by atoms with van der Waals surface area (Å²) in [5.74, 6) is -1.51. The molecule has 1 aliphatic rings. The first-order chi connectivity index (χ1) is 12.0. The number of ether oxygens (including phenoxy) is 4. The number of methoxy groups -OCH3 is 3. The lowest BCUT2D eigenvalue weighted by Gasteiger charge is -2.33. The minimum Gasteiger partial charge on any atom is -0.462 e. The standard InChI is InChI=1S/C20H26O5/c1-14(2)19(21)25-12-8-11-17-16-10-7-6-9-15(16)13-18(17)20(22-3,23-4)24-5/h6-7,9-10,13,17H,1,8,11-12H2,2-5H3. The molecule has 0 heterocycles. The van der Waals surface area contributed by atoms with Crippen LogP contribution in [0.3, 0.4) is 0 Å². The molecule has 0 N–H and O–H groups in total. The van der Waals surface area contributed by atoms with Crippen LogP contribution in [0.15, 0.2) is 42.0 Å². The van der Waals surface area contributed by atoms with Crippen LogP contribution < -0.4 is 0 Å². The maximum Gasteiger partial charge on any atom is 0.333 e. The van der Waals surface area contributed by atoms with Crippen molar-refractivity contribution in [2.45, 2.75) is 31.7 Å². The molecule has 0 spiro atoms. The second kappa shape index (κ2) is 8.43. The maximum absolute atomic E-state index is 11.5. The Morgan fingerprint density at radius 3 is 2.40 bits per heavy atom. The summed E-state index contributed by atoms with van der Waals surface area (Å²) >= 11 is 0. The van der Waals surface area contributed by atoms with E-state index in [4.69, 9.17) is 18.9 Å². The second-order valence-electron chi connectivity index (χ2n) is 6.01. The van der Waals surface area contributed by atoms with E-state index in [1.807, 2.05) is 12.1 Å². The molecule has 0 aliphatic heterocycles. The monoisotopic (exact) mass is 346 g/mol. The molecule has 1 aromatic carbocycles. The summed E-state index contributed by atoms with van der Waals surface area (Å²) in [6.45, 7) is 5.57. The van der Waals surface area contributed by atoms with Crippen LogP contribution in [-0.4, -0.2) is 39.9 Å². The predicted octanol–water partition coefficient (Wildman–Crippen LogP) is 3.66. The Hall–Kier alpha value is -1.95. The van der Waals surface area contributed by atoms with Crippen LogP contribution >= 0.6 is 0 Å². The van der Waals surface area contributed by atoms with Crippen LogP contribution in [0.5, 0.6) is 0 Å². The maximum atomic E-state index is 11.5. The average Bonchev–Trinajstić information content (AvgIpc) is 2.99. The molecule has 1 unspecified atom stereocenters. The fourth-order valence-electron chi connectivity index (χ4n) is 3.19. The molecule has 5 heteroatoms. The molecule has 0 fully saturated rings. The Bertz CT molecular complexity index is 650. The summed E-state index contributed by atoms with van der Waals surface area (Å²) in [4.78, 5) is 11.5. The summed E-state index contributed by atoms with van der Waals surface area (Å²) in [6, 6.07) is 8.16. The number of hydrogen-bond donors (Lipinski definition) is 0. The quantitative estimate of drug-likeness (QED) is 0.296. The first-order valence-corrected chi connectivity index (χ1v) is 8.28. The number of carbonyl (C=O) groups excluding carboxylic acids is 1. The summed E-state index contributed by atoms with van der Waals surface area (Å²) < 4.78 is 21.8. The van der Waals surface area contributed by atoms with E-state index < -0.39 is 5.97 Å². The molecule has 1 aliphatic carbocycles. The van der Waals surface area contributed by atoms with E-state index in [9.17, 15) is 4.79 Å². The molecule has 0 bridgehead atoms. The summed E-state index contributed by atoms with van der Waals surface area (Å²) in [5.41, 5.74) is 3.63. The van der Waals surface area contributed by atoms with Crippen LogP contribution in [-0.2, 0) is 23.7 Å². The van der Waals surface area contributed by atoms with Crippen LogP contribution in [0.4, 0.5) is 0 Å². The van der Waals surface area contributed by atoms with Crippen molar-refractivity contribution in [3.8, 4) is 0 Å². The van der Waals surface area contributed by atoms with Gasteiger partial charge in [0.25, 0.3) is 0 Å². The van der Waals surface area contributed by atoms with Crippen LogP contribution in [0.25, 0.3) is 6.08 Å². The average molecular weight is 346 g/mol. The molecule has 136 valence electrons. The highest BCUT2D eigenvalue weighted by atomic mass is 16.9. The van der Waals surface area contributed by atoms with E-state index in [-0.39, 0.29) is 11.9 Å². The summed E-state index contributed by atoms with van der Waals surface area (Å²) in [7, 11) is 4.67. The molecule has 0 aromatic heterocycles. The van der Waals surface area contributed by atoms with Crippen molar-refractivity contribution in [1.29, 1.82) is 0 Å². The lowest BCUT2D eigenvalue weighted by Crippen LogP contribution is -2.39. The first-order valence-electron chi connectivity index (χ1n) is 8.28. The fourth-order valence-corrected chi connectivity index (χ4v) is 3.19. The van der Waals surface area contributed by atoms with Crippen molar-refractivity contribution in [3.63, 3.8) is 0 Å². The molecule has 0 radical (unpaired) electrons. The lowest BCUT2D eigenvalue weighted by atomic mass is 9.90. The van der Waals surface area contributed by atoms with Crippen LogP contribution in [0.2, 0.25) is 0 Å². The van der Waals surface area contributed by atoms with Gasteiger partial charge >= 0.3 is 11.9 Å². The van der Waals surface area contributed by atoms with Gasteiger partial charge in [-0.2, -0.15) is 0 Å². The van der Waals surface area contributed by atoms with E-state index in [0.717, 1.165) is 17.6 Å². The number of carbonyl (C=O) groups is 1. The molecule has 0 amide bonds. The summed E-state index contributed by atoms with van der Waals surface area (Å²) in [6.07, 6.45) is 3.54. The van der Waals surface area contributed by atoms with E-state index in [1.54, 1.807) is 28.3 Å². The highest BCUT2D eigenvalue weighted by Crippen LogP contribution is 2.45. The van der Waals surface area contributed by atoms with Crippen molar-refractivity contribution >= 4 is 12.0 Å². The predicted molar refractivity (Wildman–Crippen MR) is 95.9 cm³/mol. The third-order valence-corrected chi connectivity index (χ3v) is 4.44. The zero-order chi connectivity index (χ0) is 18.4. The highest BCUT2D eigenvalue weighted by molar-refractivity contribution is 5.86. The SMILES string of the molecule is C=C(C)C(=O)OCCCC1C(C(OC)(OC)OC)=Cc2ccccc21. The largest absolute Gasteiger partial charge is 0.462 e. The Balaban J connectivity index is 2.16. The van der Waals surface area contributed by atoms with Gasteiger partial charge < -0.3 is 18.9 Å². The van der Waals surface area contributed by atoms with Gasteiger partial charge in [-0.05, 0) is 37.0 Å². The van der Waals surface area contributed by atoms with Gasteiger partial charge in [-0.3, -0.25) is 0 Å². The number of esters is 1. The number of rotatable bonds is 9. The second-order valence-corrected chi connectivity index (χ2v) is 6.01. The molecule has 1 atom stereocenters. The number of hydrogen-bond acceptors (Lipinski definition) is 5. The molecule has 2 rings (SSSR count). The van der Waals surface area contributed by atoms with Crippen LogP contribution in [0.1, 0.15) is 36.8 Å². The van der Waals surface area contributed by atoms with Gasteiger partial charge in [0, 0.05) is 38.4 Å². The van der Waals surface area contributed by atoms with E-state index in [2.05, 4.69) is 24.8 Å². The van der Waals surface area contributed by atoms with Gasteiger partial charge in [0.15, 0.2) is 0 Å². The number of benzene rings is 1. The Morgan fingerprint density at radius 1 is 1.16 bits per heavy atom. The van der Waals surface area contributed by atoms with E-state index >= 15 is 0 Å². The Kier molecular flexibility index (Phi) is 6.53. The zero-order valence-corrected chi connectivity index (χ0v) is 15.3. The van der Waals surface area contributed by atoms with Gasteiger partial charge in [0.05, 0.1) is 6.61 Å². The lowest BCUT2D eigenvalue weighted by molar-refractivity contribution is -0.327. The highest BCUT2D eigenvalue weighted by Gasteiger charge is 2.42. The molecular weight excluding hydrogens is 320 g/mol. The van der Waals surface area contributed by atoms with Gasteiger partial charge in [-0.25, -0.2) is 4.79 Å². The minimum atomic E-state index is -1.22. The van der Waals surface area contributed by atoms with Gasteiger partial charge in [0.2, 0.25) is 0 Å². The third kappa shape index (κ3) is 4.00. The molecule has 25 heavy (non-hydrogen) atoms. The van der Waals surface area contributed by atoms with Gasteiger partial charge in [-0.1, -0.05) is 30.8 Å². The van der Waals surface area contributed by atoms with Crippen molar-refractivity contribution < 1.29 is 23.7 Å². The first kappa shape index (κ1) is 19.4. The van der Waals surface area contributed by atoms with Gasteiger partial charge in [-0.15, -0.1) is 0 Å². The van der Waals surface area contributed by atoms with Crippen molar-refractivity contribution in [1.82, 2.24) is 0 Å². The Labute approximate surface area is 149 Å².